The number of hydrogen-bond donors (Lipinski definition) is 0. The number of hydrogen-bond acceptors (Lipinski definition) is 4. The van der Waals surface area contributed by atoms with Crippen molar-refractivity contribution < 1.29 is 9.47 Å². The van der Waals surface area contributed by atoms with E-state index < -0.39 is 0 Å². The standard InChI is InChI=1S/C43H30N2O2/c1-43(2)34-23-30(20-21-32(34)33-24-40-41(25-35(33)43)47-39-19-10-9-18-38(39)46-40)29-16-11-17-31(22-29)37-26-36(27-12-5-3-6-13-27)44-42(45-37)28-14-7-4-8-15-28/h3-26H,1-2H3. The van der Waals surface area contributed by atoms with Crippen LogP contribution in [0.2, 0.25) is 0 Å². The van der Waals surface area contributed by atoms with Crippen LogP contribution in [0, 0.1) is 0 Å². The zero-order valence-electron chi connectivity index (χ0n) is 26.1. The van der Waals surface area contributed by atoms with Crippen LogP contribution in [-0.2, 0) is 5.41 Å². The predicted octanol–water partition coefficient (Wildman–Crippen LogP) is 11.3. The summed E-state index contributed by atoms with van der Waals surface area (Å²) in [5.74, 6) is 3.69. The van der Waals surface area contributed by atoms with E-state index in [0.717, 1.165) is 62.2 Å². The van der Waals surface area contributed by atoms with Gasteiger partial charge in [-0.15, -0.1) is 0 Å². The Kier molecular flexibility index (Phi) is 6.12. The summed E-state index contributed by atoms with van der Waals surface area (Å²) in [5.41, 5.74) is 11.9. The first-order valence-corrected chi connectivity index (χ1v) is 15.9. The highest BCUT2D eigenvalue weighted by molar-refractivity contribution is 5.86. The van der Waals surface area contributed by atoms with Gasteiger partial charge in [0.2, 0.25) is 0 Å². The van der Waals surface area contributed by atoms with E-state index in [1.807, 2.05) is 60.7 Å². The van der Waals surface area contributed by atoms with E-state index in [9.17, 15) is 0 Å². The van der Waals surface area contributed by atoms with Crippen molar-refractivity contribution in [2.75, 3.05) is 0 Å². The highest BCUT2D eigenvalue weighted by Crippen LogP contribution is 2.55. The lowest BCUT2D eigenvalue weighted by Crippen LogP contribution is -2.15. The van der Waals surface area contributed by atoms with E-state index in [-0.39, 0.29) is 5.41 Å². The third-order valence-corrected chi connectivity index (χ3v) is 9.35. The van der Waals surface area contributed by atoms with Gasteiger partial charge < -0.3 is 9.47 Å². The molecule has 0 unspecified atom stereocenters. The van der Waals surface area contributed by atoms with E-state index in [4.69, 9.17) is 19.4 Å². The summed E-state index contributed by atoms with van der Waals surface area (Å²) in [5, 5.41) is 0. The molecule has 0 bridgehead atoms. The van der Waals surface area contributed by atoms with Crippen LogP contribution >= 0.6 is 0 Å². The molecule has 0 fully saturated rings. The highest BCUT2D eigenvalue weighted by atomic mass is 16.6. The molecule has 0 saturated heterocycles. The average molecular weight is 607 g/mol. The Morgan fingerprint density at radius 3 is 1.68 bits per heavy atom. The van der Waals surface area contributed by atoms with Crippen LogP contribution in [0.5, 0.6) is 23.0 Å². The number of rotatable bonds is 4. The van der Waals surface area contributed by atoms with Crippen LogP contribution in [0.15, 0.2) is 146 Å². The molecule has 47 heavy (non-hydrogen) atoms. The molecule has 4 nitrogen and oxygen atoms in total. The molecule has 6 aromatic carbocycles. The van der Waals surface area contributed by atoms with Crippen LogP contribution in [0.3, 0.4) is 0 Å². The number of aromatic nitrogens is 2. The Morgan fingerprint density at radius 1 is 0.404 bits per heavy atom. The van der Waals surface area contributed by atoms with Crippen molar-refractivity contribution in [2.24, 2.45) is 0 Å². The van der Waals surface area contributed by atoms with Gasteiger partial charge in [0.05, 0.1) is 11.4 Å². The van der Waals surface area contributed by atoms with Gasteiger partial charge in [-0.3, -0.25) is 0 Å². The molecule has 9 rings (SSSR count). The summed E-state index contributed by atoms with van der Waals surface area (Å²) in [6, 6.07) is 50.1. The van der Waals surface area contributed by atoms with Crippen molar-refractivity contribution in [1.29, 1.82) is 0 Å². The Labute approximate surface area is 274 Å². The molecule has 4 heteroatoms. The molecule has 0 radical (unpaired) electrons. The molecule has 1 aliphatic carbocycles. The van der Waals surface area contributed by atoms with E-state index in [1.165, 1.54) is 22.3 Å². The van der Waals surface area contributed by atoms with Crippen molar-refractivity contribution in [3.63, 3.8) is 0 Å². The first-order chi connectivity index (χ1) is 23.0. The molecule has 0 N–H and O–H groups in total. The van der Waals surface area contributed by atoms with Gasteiger partial charge >= 0.3 is 0 Å². The lowest BCUT2D eigenvalue weighted by atomic mass is 9.81. The first kappa shape index (κ1) is 27.3. The Balaban J connectivity index is 1.11. The summed E-state index contributed by atoms with van der Waals surface area (Å²) in [6.07, 6.45) is 0. The third kappa shape index (κ3) is 4.60. The van der Waals surface area contributed by atoms with Crippen molar-refractivity contribution in [1.82, 2.24) is 9.97 Å². The normalized spacial score (nSPS) is 13.4. The number of nitrogens with zero attached hydrogens (tertiary/aromatic N) is 2. The van der Waals surface area contributed by atoms with Gasteiger partial charge in [-0.2, -0.15) is 0 Å². The zero-order chi connectivity index (χ0) is 31.5. The summed E-state index contributed by atoms with van der Waals surface area (Å²) < 4.78 is 12.6. The second-order valence-corrected chi connectivity index (χ2v) is 12.7. The molecular formula is C43H30N2O2. The SMILES string of the molecule is CC1(C)c2cc(-c3cccc(-c4cc(-c5ccccc5)nc(-c5ccccc5)n4)c3)ccc2-c2cc3c(cc21)Oc1ccccc1O3. The lowest BCUT2D eigenvalue weighted by molar-refractivity contribution is 0.359. The molecule has 1 aliphatic heterocycles. The van der Waals surface area contributed by atoms with Crippen LogP contribution in [0.4, 0.5) is 0 Å². The molecule has 0 amide bonds. The van der Waals surface area contributed by atoms with Crippen LogP contribution in [0.25, 0.3) is 56.2 Å². The topological polar surface area (TPSA) is 44.2 Å². The average Bonchev–Trinajstić information content (AvgIpc) is 3.35. The maximum Gasteiger partial charge on any atom is 0.170 e. The van der Waals surface area contributed by atoms with Gasteiger partial charge in [0.1, 0.15) is 0 Å². The molecule has 1 aromatic heterocycles. The number of fused-ring (bicyclic) bond motifs is 5. The van der Waals surface area contributed by atoms with E-state index in [0.29, 0.717) is 5.82 Å². The number of para-hydroxylation sites is 2. The molecule has 7 aromatic rings. The number of ether oxygens (including phenoxy) is 2. The van der Waals surface area contributed by atoms with E-state index >= 15 is 0 Å². The Hall–Kier alpha value is -6.00. The minimum Gasteiger partial charge on any atom is -0.450 e. The fourth-order valence-electron chi connectivity index (χ4n) is 6.86. The maximum absolute atomic E-state index is 6.28. The molecular weight excluding hydrogens is 576 g/mol. The molecule has 2 aliphatic rings. The maximum atomic E-state index is 6.28. The molecule has 224 valence electrons. The van der Waals surface area contributed by atoms with Crippen molar-refractivity contribution in [2.45, 2.75) is 19.3 Å². The van der Waals surface area contributed by atoms with Crippen LogP contribution in [0.1, 0.15) is 25.0 Å². The monoisotopic (exact) mass is 606 g/mol. The van der Waals surface area contributed by atoms with Crippen molar-refractivity contribution >= 4 is 0 Å². The van der Waals surface area contributed by atoms with Gasteiger partial charge in [0.15, 0.2) is 28.8 Å². The Morgan fingerprint density at radius 2 is 0.957 bits per heavy atom. The van der Waals surface area contributed by atoms with Crippen molar-refractivity contribution in [3.05, 3.63) is 157 Å². The smallest absolute Gasteiger partial charge is 0.170 e. The summed E-state index contributed by atoms with van der Waals surface area (Å²) in [7, 11) is 0. The fourth-order valence-corrected chi connectivity index (χ4v) is 6.86. The molecule has 2 heterocycles. The summed E-state index contributed by atoms with van der Waals surface area (Å²) >= 11 is 0. The van der Waals surface area contributed by atoms with Gasteiger partial charge in [0.25, 0.3) is 0 Å². The van der Waals surface area contributed by atoms with Gasteiger partial charge in [-0.05, 0) is 75.8 Å². The lowest BCUT2D eigenvalue weighted by Gasteiger charge is -2.25. The fraction of sp³-hybridized carbons (Fsp3) is 0.0698. The number of benzene rings is 6. The van der Waals surface area contributed by atoms with Gasteiger partial charge in [-0.25, -0.2) is 9.97 Å². The second kappa shape index (κ2) is 10.5. The summed E-state index contributed by atoms with van der Waals surface area (Å²) in [4.78, 5) is 10.0. The summed E-state index contributed by atoms with van der Waals surface area (Å²) in [6.45, 7) is 4.58. The zero-order valence-corrected chi connectivity index (χ0v) is 26.1. The second-order valence-electron chi connectivity index (χ2n) is 12.7. The largest absolute Gasteiger partial charge is 0.450 e. The van der Waals surface area contributed by atoms with Gasteiger partial charge in [0, 0.05) is 22.1 Å². The Bertz CT molecular complexity index is 2270. The van der Waals surface area contributed by atoms with Crippen LogP contribution in [-0.4, -0.2) is 9.97 Å². The first-order valence-electron chi connectivity index (χ1n) is 15.9. The van der Waals surface area contributed by atoms with Crippen molar-refractivity contribution in [3.8, 4) is 79.2 Å². The molecule has 0 atom stereocenters. The molecule has 0 saturated carbocycles. The highest BCUT2D eigenvalue weighted by Gasteiger charge is 2.38. The predicted molar refractivity (Wildman–Crippen MR) is 188 cm³/mol. The van der Waals surface area contributed by atoms with E-state index in [1.54, 1.807) is 0 Å². The van der Waals surface area contributed by atoms with E-state index in [2.05, 4.69) is 98.8 Å². The minimum absolute atomic E-state index is 0.213. The molecule has 0 spiro atoms. The van der Waals surface area contributed by atoms with Gasteiger partial charge in [-0.1, -0.05) is 117 Å². The minimum atomic E-state index is -0.213. The third-order valence-electron chi connectivity index (χ3n) is 9.35. The quantitative estimate of drug-likeness (QED) is 0.200. The van der Waals surface area contributed by atoms with Crippen LogP contribution < -0.4 is 9.47 Å².